The molecule has 2 N–H and O–H groups in total. The fourth-order valence-electron chi connectivity index (χ4n) is 5.05. The van der Waals surface area contributed by atoms with E-state index in [-0.39, 0.29) is 12.1 Å². The van der Waals surface area contributed by atoms with Crippen molar-refractivity contribution in [2.24, 2.45) is 7.05 Å². The van der Waals surface area contributed by atoms with Crippen molar-refractivity contribution < 1.29 is 9.84 Å². The Morgan fingerprint density at radius 3 is 2.69 bits per heavy atom. The summed E-state index contributed by atoms with van der Waals surface area (Å²) in [4.78, 5) is 4.60. The van der Waals surface area contributed by atoms with E-state index < -0.39 is 0 Å². The van der Waals surface area contributed by atoms with Crippen LogP contribution in [0.5, 0.6) is 0 Å². The Kier molecular flexibility index (Phi) is 6.57. The highest BCUT2D eigenvalue weighted by atomic mass is 16.5. The first-order chi connectivity index (χ1) is 16.9. The first-order valence-electron chi connectivity index (χ1n) is 12.3. The number of methoxy groups -OCH3 is 1. The molecule has 10 heteroatoms. The summed E-state index contributed by atoms with van der Waals surface area (Å²) in [5, 5.41) is 27.3. The zero-order valence-electron chi connectivity index (χ0n) is 20.8. The Labute approximate surface area is 204 Å². The highest BCUT2D eigenvalue weighted by Gasteiger charge is 2.26. The largest absolute Gasteiger partial charge is 0.393 e. The van der Waals surface area contributed by atoms with E-state index >= 15 is 0 Å². The van der Waals surface area contributed by atoms with Crippen molar-refractivity contribution in [2.75, 3.05) is 19.0 Å². The molecule has 1 aliphatic rings. The van der Waals surface area contributed by atoms with Crippen LogP contribution in [-0.4, -0.2) is 65.1 Å². The molecule has 0 unspecified atom stereocenters. The molecule has 1 fully saturated rings. The van der Waals surface area contributed by atoms with E-state index in [4.69, 9.17) is 9.84 Å². The number of aromatic nitrogens is 7. The number of aryl methyl sites for hydroxylation is 2. The van der Waals surface area contributed by atoms with Crippen LogP contribution in [0.15, 0.2) is 30.7 Å². The lowest BCUT2D eigenvalue weighted by molar-refractivity contribution is 0.121. The van der Waals surface area contributed by atoms with Crippen LogP contribution in [0.1, 0.15) is 55.6 Å². The molecule has 0 bridgehead atoms. The molecule has 0 spiro atoms. The molecule has 1 saturated carbocycles. The summed E-state index contributed by atoms with van der Waals surface area (Å²) < 4.78 is 11.1. The molecule has 1 aliphatic carbocycles. The van der Waals surface area contributed by atoms with E-state index in [1.807, 2.05) is 47.2 Å². The predicted octanol–water partition coefficient (Wildman–Crippen LogP) is 3.15. The predicted molar refractivity (Wildman–Crippen MR) is 133 cm³/mol. The maximum absolute atomic E-state index is 10.0. The van der Waals surface area contributed by atoms with E-state index in [0.29, 0.717) is 25.0 Å². The molecule has 0 amide bonds. The quantitative estimate of drug-likeness (QED) is 0.401. The Morgan fingerprint density at radius 1 is 1.17 bits per heavy atom. The Morgan fingerprint density at radius 2 is 1.97 bits per heavy atom. The molecule has 4 heterocycles. The second kappa shape index (κ2) is 9.79. The average Bonchev–Trinajstić information content (AvgIpc) is 3.52. The van der Waals surface area contributed by atoms with Crippen LogP contribution in [0.3, 0.4) is 0 Å². The highest BCUT2D eigenvalue weighted by molar-refractivity contribution is 5.81. The standard InChI is InChI=1S/C25H34N8O2/c1-16-9-20(31(3)29-16)14-32-13-19(11-27-32)22-10-23(18-5-7-21(34)8-6-18)33-24(22)12-26-25(30-33)28-17(2)15-35-4/h9-13,17-18,21,34H,5-8,14-15H2,1-4H3,(H,28,30)/t17-,18-,21-/m0/s1. The van der Waals surface area contributed by atoms with Gasteiger partial charge in [0.15, 0.2) is 0 Å². The molecule has 35 heavy (non-hydrogen) atoms. The SMILES string of the molecule is COC[C@H](C)Nc1ncc2c(-c3cnn(Cc4cc(C)nn4C)c3)cc([C@H]3CC[C@H](O)CC3)n2n1. The van der Waals surface area contributed by atoms with Crippen molar-refractivity contribution >= 4 is 11.5 Å². The van der Waals surface area contributed by atoms with Crippen LogP contribution >= 0.6 is 0 Å². The van der Waals surface area contributed by atoms with Gasteiger partial charge in [-0.25, -0.2) is 9.50 Å². The van der Waals surface area contributed by atoms with Crippen molar-refractivity contribution in [1.82, 2.24) is 34.2 Å². The van der Waals surface area contributed by atoms with Gasteiger partial charge in [-0.3, -0.25) is 9.36 Å². The summed E-state index contributed by atoms with van der Waals surface area (Å²) >= 11 is 0. The molecule has 5 rings (SSSR count). The molecule has 0 radical (unpaired) electrons. The monoisotopic (exact) mass is 478 g/mol. The van der Waals surface area contributed by atoms with Gasteiger partial charge in [-0.05, 0) is 51.7 Å². The lowest BCUT2D eigenvalue weighted by atomic mass is 9.85. The average molecular weight is 479 g/mol. The second-order valence-electron chi connectivity index (χ2n) is 9.70. The minimum absolute atomic E-state index is 0.0923. The van der Waals surface area contributed by atoms with Gasteiger partial charge in [0, 0.05) is 49.1 Å². The number of aliphatic hydroxyl groups excluding tert-OH is 1. The van der Waals surface area contributed by atoms with E-state index in [1.54, 1.807) is 7.11 Å². The molecule has 186 valence electrons. The van der Waals surface area contributed by atoms with E-state index in [0.717, 1.165) is 59.4 Å². The minimum atomic E-state index is -0.201. The lowest BCUT2D eigenvalue weighted by Gasteiger charge is -2.25. The zero-order valence-corrected chi connectivity index (χ0v) is 20.8. The third-order valence-electron chi connectivity index (χ3n) is 6.82. The van der Waals surface area contributed by atoms with Crippen LogP contribution < -0.4 is 5.32 Å². The van der Waals surface area contributed by atoms with Crippen molar-refractivity contribution in [3.63, 3.8) is 0 Å². The summed E-state index contributed by atoms with van der Waals surface area (Å²) in [6.07, 6.45) is 9.17. The number of nitrogens with one attached hydrogen (secondary N) is 1. The van der Waals surface area contributed by atoms with Crippen LogP contribution in [0, 0.1) is 6.92 Å². The van der Waals surface area contributed by atoms with Crippen LogP contribution in [-0.2, 0) is 18.3 Å². The van der Waals surface area contributed by atoms with Gasteiger partial charge in [0.05, 0.1) is 48.6 Å². The van der Waals surface area contributed by atoms with Crippen molar-refractivity contribution in [2.45, 2.75) is 64.1 Å². The fraction of sp³-hybridized carbons (Fsp3) is 0.520. The second-order valence-corrected chi connectivity index (χ2v) is 9.70. The van der Waals surface area contributed by atoms with Gasteiger partial charge in [-0.2, -0.15) is 10.2 Å². The van der Waals surface area contributed by atoms with Gasteiger partial charge in [0.25, 0.3) is 0 Å². The molecule has 10 nitrogen and oxygen atoms in total. The van der Waals surface area contributed by atoms with E-state index in [2.05, 4.69) is 38.8 Å². The maximum Gasteiger partial charge on any atom is 0.241 e. The first kappa shape index (κ1) is 23.5. The third-order valence-corrected chi connectivity index (χ3v) is 6.82. The number of aliphatic hydroxyl groups is 1. The maximum atomic E-state index is 10.0. The molecule has 4 aromatic heterocycles. The van der Waals surface area contributed by atoms with Gasteiger partial charge in [-0.1, -0.05) is 0 Å². The van der Waals surface area contributed by atoms with Gasteiger partial charge in [0.2, 0.25) is 5.95 Å². The number of fused-ring (bicyclic) bond motifs is 1. The van der Waals surface area contributed by atoms with Crippen LogP contribution in [0.2, 0.25) is 0 Å². The van der Waals surface area contributed by atoms with Crippen LogP contribution in [0.25, 0.3) is 16.6 Å². The molecule has 4 aromatic rings. The molecule has 0 saturated heterocycles. The van der Waals surface area contributed by atoms with Crippen molar-refractivity contribution in [3.8, 4) is 11.1 Å². The number of nitrogens with zero attached hydrogens (tertiary/aromatic N) is 7. The fourth-order valence-corrected chi connectivity index (χ4v) is 5.05. The molecule has 0 aliphatic heterocycles. The molecule has 1 atom stereocenters. The first-order valence-corrected chi connectivity index (χ1v) is 12.3. The van der Waals surface area contributed by atoms with Gasteiger partial charge in [0.1, 0.15) is 0 Å². The number of hydrogen-bond acceptors (Lipinski definition) is 7. The summed E-state index contributed by atoms with van der Waals surface area (Å²) in [5.41, 5.74) is 6.30. The zero-order chi connectivity index (χ0) is 24.5. The molecular weight excluding hydrogens is 444 g/mol. The Bertz CT molecular complexity index is 1300. The van der Waals surface area contributed by atoms with E-state index in [1.165, 1.54) is 0 Å². The van der Waals surface area contributed by atoms with Crippen molar-refractivity contribution in [1.29, 1.82) is 0 Å². The van der Waals surface area contributed by atoms with Gasteiger partial charge in [-0.15, -0.1) is 5.10 Å². The van der Waals surface area contributed by atoms with Gasteiger partial charge >= 0.3 is 0 Å². The summed E-state index contributed by atoms with van der Waals surface area (Å²) in [7, 11) is 3.64. The number of anilines is 1. The normalized spacial score (nSPS) is 19.3. The summed E-state index contributed by atoms with van der Waals surface area (Å²) in [5.74, 6) is 0.912. The number of ether oxygens (including phenoxy) is 1. The van der Waals surface area contributed by atoms with Crippen LogP contribution in [0.4, 0.5) is 5.95 Å². The number of rotatable bonds is 8. The lowest BCUT2D eigenvalue weighted by Crippen LogP contribution is -2.23. The topological polar surface area (TPSA) is 107 Å². The van der Waals surface area contributed by atoms with Gasteiger partial charge < -0.3 is 15.2 Å². The summed E-state index contributed by atoms with van der Waals surface area (Å²) in [6.45, 7) is 5.26. The molecular formula is C25H34N8O2. The minimum Gasteiger partial charge on any atom is -0.393 e. The smallest absolute Gasteiger partial charge is 0.241 e. The summed E-state index contributed by atoms with van der Waals surface area (Å²) in [6, 6.07) is 4.40. The third kappa shape index (κ3) is 4.94. The number of hydrogen-bond donors (Lipinski definition) is 2. The molecule has 0 aromatic carbocycles. The van der Waals surface area contributed by atoms with E-state index in [9.17, 15) is 5.11 Å². The Hall–Kier alpha value is -3.24. The highest BCUT2D eigenvalue weighted by Crippen LogP contribution is 2.37. The van der Waals surface area contributed by atoms with Crippen molar-refractivity contribution in [3.05, 3.63) is 47.8 Å². The Balaban J connectivity index is 1.50.